The number of nitrogens with one attached hydrogen (secondary N) is 1. The summed E-state index contributed by atoms with van der Waals surface area (Å²) >= 11 is 0. The molecule has 1 rings (SSSR count). The highest BCUT2D eigenvalue weighted by molar-refractivity contribution is 5.23. The average molecular weight is 273 g/mol. The van der Waals surface area contributed by atoms with Crippen molar-refractivity contribution < 1.29 is 13.2 Å². The van der Waals surface area contributed by atoms with Crippen LogP contribution in [0.25, 0.3) is 0 Å². The molecule has 0 radical (unpaired) electrons. The van der Waals surface area contributed by atoms with Crippen LogP contribution in [0.4, 0.5) is 13.2 Å². The van der Waals surface area contributed by atoms with E-state index in [0.29, 0.717) is 12.5 Å². The summed E-state index contributed by atoms with van der Waals surface area (Å²) in [5.74, 6) is -3.16. The van der Waals surface area contributed by atoms with E-state index in [2.05, 4.69) is 19.2 Å². The molecular formula is C15H22F3N. The summed E-state index contributed by atoms with van der Waals surface area (Å²) in [6.45, 7) is 6.73. The highest BCUT2D eigenvalue weighted by atomic mass is 19.2. The third-order valence-corrected chi connectivity index (χ3v) is 3.61. The first-order valence-electron chi connectivity index (χ1n) is 6.91. The van der Waals surface area contributed by atoms with Crippen LogP contribution >= 0.6 is 0 Å². The lowest BCUT2D eigenvalue weighted by molar-refractivity contribution is 0.359. The topological polar surface area (TPSA) is 12.0 Å². The van der Waals surface area contributed by atoms with Gasteiger partial charge in [0.25, 0.3) is 0 Å². The second-order valence-corrected chi connectivity index (χ2v) is 4.79. The van der Waals surface area contributed by atoms with E-state index < -0.39 is 17.5 Å². The molecule has 1 atom stereocenters. The Balaban J connectivity index is 3.02. The zero-order chi connectivity index (χ0) is 14.4. The first-order valence-corrected chi connectivity index (χ1v) is 6.91. The van der Waals surface area contributed by atoms with Crippen LogP contribution in [0.3, 0.4) is 0 Å². The van der Waals surface area contributed by atoms with Gasteiger partial charge in [-0.15, -0.1) is 0 Å². The molecule has 0 saturated carbocycles. The maximum absolute atomic E-state index is 13.8. The van der Waals surface area contributed by atoms with Crippen LogP contribution in [-0.4, -0.2) is 6.54 Å². The first-order chi connectivity index (χ1) is 9.04. The zero-order valence-electron chi connectivity index (χ0n) is 11.8. The van der Waals surface area contributed by atoms with Crippen LogP contribution < -0.4 is 5.32 Å². The molecule has 0 saturated heterocycles. The summed E-state index contributed by atoms with van der Waals surface area (Å²) in [5, 5.41) is 3.16. The zero-order valence-corrected chi connectivity index (χ0v) is 11.8. The van der Waals surface area contributed by atoms with E-state index in [9.17, 15) is 13.2 Å². The molecule has 1 aromatic rings. The van der Waals surface area contributed by atoms with Crippen LogP contribution in [-0.2, 0) is 0 Å². The van der Waals surface area contributed by atoms with Gasteiger partial charge < -0.3 is 5.32 Å². The molecule has 19 heavy (non-hydrogen) atoms. The number of hydrogen-bond donors (Lipinski definition) is 1. The SMILES string of the molecule is CCNC(CC(CC)CC)c1ccc(F)c(F)c1F. The van der Waals surface area contributed by atoms with Gasteiger partial charge in [0.1, 0.15) is 0 Å². The van der Waals surface area contributed by atoms with E-state index in [1.165, 1.54) is 6.07 Å². The minimum absolute atomic E-state index is 0.215. The Labute approximate surface area is 113 Å². The summed E-state index contributed by atoms with van der Waals surface area (Å²) in [4.78, 5) is 0. The smallest absolute Gasteiger partial charge is 0.194 e. The van der Waals surface area contributed by atoms with Gasteiger partial charge in [0.15, 0.2) is 17.5 Å². The van der Waals surface area contributed by atoms with Gasteiger partial charge in [-0.2, -0.15) is 0 Å². The van der Waals surface area contributed by atoms with E-state index in [0.717, 1.165) is 25.3 Å². The van der Waals surface area contributed by atoms with Crippen molar-refractivity contribution in [3.05, 3.63) is 35.1 Å². The molecule has 0 bridgehead atoms. The van der Waals surface area contributed by atoms with E-state index in [-0.39, 0.29) is 11.6 Å². The van der Waals surface area contributed by atoms with Gasteiger partial charge in [0, 0.05) is 11.6 Å². The van der Waals surface area contributed by atoms with E-state index in [1.807, 2.05) is 6.92 Å². The molecule has 1 N–H and O–H groups in total. The number of rotatable bonds is 7. The van der Waals surface area contributed by atoms with Crippen LogP contribution in [0.5, 0.6) is 0 Å². The maximum Gasteiger partial charge on any atom is 0.194 e. The Morgan fingerprint density at radius 3 is 2.16 bits per heavy atom. The molecule has 0 aromatic heterocycles. The van der Waals surface area contributed by atoms with Gasteiger partial charge in [-0.1, -0.05) is 39.7 Å². The molecule has 1 nitrogen and oxygen atoms in total. The van der Waals surface area contributed by atoms with Crippen LogP contribution in [0.15, 0.2) is 12.1 Å². The minimum Gasteiger partial charge on any atom is -0.310 e. The second-order valence-electron chi connectivity index (χ2n) is 4.79. The molecule has 0 fully saturated rings. The van der Waals surface area contributed by atoms with Crippen molar-refractivity contribution in [3.8, 4) is 0 Å². The number of benzene rings is 1. The fourth-order valence-electron chi connectivity index (χ4n) is 2.33. The van der Waals surface area contributed by atoms with Gasteiger partial charge in [-0.05, 0) is 24.9 Å². The van der Waals surface area contributed by atoms with Crippen molar-refractivity contribution in [2.24, 2.45) is 5.92 Å². The summed E-state index contributed by atoms with van der Waals surface area (Å²) in [6, 6.07) is 2.05. The van der Waals surface area contributed by atoms with Gasteiger partial charge >= 0.3 is 0 Å². The monoisotopic (exact) mass is 273 g/mol. The fraction of sp³-hybridized carbons (Fsp3) is 0.600. The normalized spacial score (nSPS) is 13.0. The predicted molar refractivity (Wildman–Crippen MR) is 71.4 cm³/mol. The van der Waals surface area contributed by atoms with Gasteiger partial charge in [0.05, 0.1) is 0 Å². The number of halogens is 3. The van der Waals surface area contributed by atoms with Crippen molar-refractivity contribution in [1.29, 1.82) is 0 Å². The Kier molecular flexibility index (Phi) is 6.35. The molecule has 1 aromatic carbocycles. The van der Waals surface area contributed by atoms with Crippen molar-refractivity contribution in [2.45, 2.75) is 46.1 Å². The lowest BCUT2D eigenvalue weighted by Crippen LogP contribution is -2.24. The van der Waals surface area contributed by atoms with Crippen LogP contribution in [0, 0.1) is 23.4 Å². The summed E-state index contributed by atoms with van der Waals surface area (Å²) in [7, 11) is 0. The molecule has 0 aliphatic rings. The van der Waals surface area contributed by atoms with Crippen LogP contribution in [0.1, 0.15) is 51.6 Å². The Hall–Kier alpha value is -1.03. The van der Waals surface area contributed by atoms with E-state index >= 15 is 0 Å². The van der Waals surface area contributed by atoms with Crippen molar-refractivity contribution in [1.82, 2.24) is 5.32 Å². The third-order valence-electron chi connectivity index (χ3n) is 3.61. The fourth-order valence-corrected chi connectivity index (χ4v) is 2.33. The molecule has 0 aliphatic heterocycles. The molecule has 0 spiro atoms. The summed E-state index contributed by atoms with van der Waals surface area (Å²) in [6.07, 6.45) is 2.70. The standard InChI is InChI=1S/C15H22F3N/c1-4-10(5-2)9-13(19-6-3)11-7-8-12(16)15(18)14(11)17/h7-8,10,13,19H,4-6,9H2,1-3H3. The minimum atomic E-state index is -1.38. The predicted octanol–water partition coefficient (Wildman–Crippen LogP) is 4.58. The molecule has 0 amide bonds. The lowest BCUT2D eigenvalue weighted by atomic mass is 9.90. The molecular weight excluding hydrogens is 251 g/mol. The molecule has 4 heteroatoms. The Morgan fingerprint density at radius 2 is 1.63 bits per heavy atom. The summed E-state index contributed by atoms with van der Waals surface area (Å²) < 4.78 is 40.1. The first kappa shape index (κ1) is 16.0. The third kappa shape index (κ3) is 3.96. The lowest BCUT2D eigenvalue weighted by Gasteiger charge is -2.23. The molecule has 0 aliphatic carbocycles. The average Bonchev–Trinajstić information content (AvgIpc) is 2.41. The quantitative estimate of drug-likeness (QED) is 0.717. The maximum atomic E-state index is 13.8. The molecule has 0 heterocycles. The Bertz CT molecular complexity index is 403. The molecule has 108 valence electrons. The highest BCUT2D eigenvalue weighted by Crippen LogP contribution is 2.28. The van der Waals surface area contributed by atoms with Crippen LogP contribution in [0.2, 0.25) is 0 Å². The Morgan fingerprint density at radius 1 is 1.00 bits per heavy atom. The highest BCUT2D eigenvalue weighted by Gasteiger charge is 2.22. The van der Waals surface area contributed by atoms with E-state index in [4.69, 9.17) is 0 Å². The largest absolute Gasteiger partial charge is 0.310 e. The van der Waals surface area contributed by atoms with Crippen molar-refractivity contribution in [2.75, 3.05) is 6.54 Å². The molecule has 1 unspecified atom stereocenters. The van der Waals surface area contributed by atoms with Crippen molar-refractivity contribution in [3.63, 3.8) is 0 Å². The summed E-state index contributed by atoms with van der Waals surface area (Å²) in [5.41, 5.74) is 0.215. The van der Waals surface area contributed by atoms with Crippen molar-refractivity contribution >= 4 is 0 Å². The van der Waals surface area contributed by atoms with Gasteiger partial charge in [-0.3, -0.25) is 0 Å². The van der Waals surface area contributed by atoms with E-state index in [1.54, 1.807) is 0 Å². The number of hydrogen-bond acceptors (Lipinski definition) is 1. The van der Waals surface area contributed by atoms with Gasteiger partial charge in [-0.25, -0.2) is 13.2 Å². The van der Waals surface area contributed by atoms with Gasteiger partial charge in [0.2, 0.25) is 0 Å². The second kappa shape index (κ2) is 7.53.